The van der Waals surface area contributed by atoms with Crippen molar-refractivity contribution >= 4 is 22.4 Å². The molecule has 0 atom stereocenters. The molecular weight excluding hydrogens is 350 g/mol. The molecule has 0 fully saturated rings. The molecule has 0 aliphatic rings. The van der Waals surface area contributed by atoms with Crippen molar-refractivity contribution in [1.29, 1.82) is 5.26 Å². The van der Waals surface area contributed by atoms with Crippen LogP contribution < -0.4 is 4.74 Å². The lowest BCUT2D eigenvalue weighted by Crippen LogP contribution is -1.90. The molecule has 0 amide bonds. The average Bonchev–Trinajstić information content (AvgIpc) is 3.22. The third kappa shape index (κ3) is 3.24. The summed E-state index contributed by atoms with van der Waals surface area (Å²) in [6.07, 6.45) is 1.73. The first-order chi connectivity index (χ1) is 13.7. The van der Waals surface area contributed by atoms with Gasteiger partial charge < -0.3 is 9.26 Å². The van der Waals surface area contributed by atoms with Gasteiger partial charge in [0.05, 0.1) is 7.11 Å². The Balaban J connectivity index is 1.80. The monoisotopic (exact) mass is 367 g/mol. The van der Waals surface area contributed by atoms with E-state index in [9.17, 15) is 5.26 Å². The van der Waals surface area contributed by atoms with Gasteiger partial charge >= 0.3 is 0 Å². The highest BCUT2D eigenvalue weighted by molar-refractivity contribution is 5.99. The molecular formula is C23H17N3O2. The molecule has 0 radical (unpaired) electrons. The van der Waals surface area contributed by atoms with Crippen LogP contribution in [-0.4, -0.2) is 17.3 Å². The van der Waals surface area contributed by atoms with Gasteiger partial charge in [-0.25, -0.2) is 0 Å². The van der Waals surface area contributed by atoms with Crippen molar-refractivity contribution in [1.82, 2.24) is 10.1 Å². The third-order valence-corrected chi connectivity index (χ3v) is 4.53. The van der Waals surface area contributed by atoms with E-state index in [1.54, 1.807) is 13.2 Å². The van der Waals surface area contributed by atoms with E-state index in [4.69, 9.17) is 9.26 Å². The molecule has 5 nitrogen and oxygen atoms in total. The Morgan fingerprint density at radius 2 is 1.86 bits per heavy atom. The number of hydrogen-bond acceptors (Lipinski definition) is 5. The number of aromatic nitrogens is 2. The number of rotatable bonds is 4. The Morgan fingerprint density at radius 3 is 2.61 bits per heavy atom. The predicted octanol–water partition coefficient (Wildman–Crippen LogP) is 5.27. The average molecular weight is 367 g/mol. The van der Waals surface area contributed by atoms with Crippen LogP contribution in [0, 0.1) is 18.3 Å². The van der Waals surface area contributed by atoms with Crippen molar-refractivity contribution < 1.29 is 9.26 Å². The summed E-state index contributed by atoms with van der Waals surface area (Å²) in [7, 11) is 1.61. The number of allylic oxidation sites excluding steroid dienone is 1. The van der Waals surface area contributed by atoms with Crippen LogP contribution in [0.25, 0.3) is 33.8 Å². The minimum atomic E-state index is 0.174. The standard InChI is InChI=1S/C23H17N3O2/c1-15-7-9-17(10-8-15)22-25-23(28-26-22)18(14-24)13-20-19-6-4-3-5-16(19)11-12-21(20)27-2/h3-13H,1-2H3/b18-13+. The van der Waals surface area contributed by atoms with E-state index >= 15 is 0 Å². The molecule has 0 N–H and O–H groups in total. The quantitative estimate of drug-likeness (QED) is 0.459. The summed E-state index contributed by atoms with van der Waals surface area (Å²) in [5.74, 6) is 1.29. The summed E-state index contributed by atoms with van der Waals surface area (Å²) in [6, 6.07) is 21.8. The smallest absolute Gasteiger partial charge is 0.268 e. The Morgan fingerprint density at radius 1 is 1.07 bits per heavy atom. The van der Waals surface area contributed by atoms with Gasteiger partial charge in [0, 0.05) is 11.1 Å². The van der Waals surface area contributed by atoms with Crippen molar-refractivity contribution in [2.45, 2.75) is 6.92 Å². The Labute approximate surface area is 162 Å². The first-order valence-electron chi connectivity index (χ1n) is 8.78. The van der Waals surface area contributed by atoms with E-state index in [0.717, 1.165) is 27.5 Å². The molecule has 0 unspecified atom stereocenters. The number of methoxy groups -OCH3 is 1. The zero-order valence-corrected chi connectivity index (χ0v) is 15.5. The lowest BCUT2D eigenvalue weighted by Gasteiger charge is -2.09. The molecule has 4 aromatic rings. The zero-order chi connectivity index (χ0) is 19.5. The maximum Gasteiger partial charge on any atom is 0.268 e. The Kier molecular flexibility index (Phi) is 4.61. The molecule has 136 valence electrons. The van der Waals surface area contributed by atoms with Gasteiger partial charge in [0.15, 0.2) is 0 Å². The maximum absolute atomic E-state index is 9.71. The van der Waals surface area contributed by atoms with Crippen molar-refractivity contribution in [3.05, 3.63) is 77.7 Å². The molecule has 4 rings (SSSR count). The topological polar surface area (TPSA) is 71.9 Å². The number of aryl methyl sites for hydroxylation is 1. The maximum atomic E-state index is 9.71. The predicted molar refractivity (Wildman–Crippen MR) is 108 cm³/mol. The minimum absolute atomic E-state index is 0.174. The fraction of sp³-hybridized carbons (Fsp3) is 0.0870. The van der Waals surface area contributed by atoms with Crippen molar-refractivity contribution in [3.8, 4) is 23.2 Å². The van der Waals surface area contributed by atoms with Crippen LogP contribution in [0.15, 0.2) is 65.2 Å². The van der Waals surface area contributed by atoms with Crippen LogP contribution >= 0.6 is 0 Å². The van der Waals surface area contributed by atoms with Crippen LogP contribution in [0.3, 0.4) is 0 Å². The molecule has 5 heteroatoms. The molecule has 1 heterocycles. The summed E-state index contributed by atoms with van der Waals surface area (Å²) < 4.78 is 10.9. The molecule has 0 aliphatic carbocycles. The van der Waals surface area contributed by atoms with E-state index in [0.29, 0.717) is 11.6 Å². The van der Waals surface area contributed by atoms with Crippen LogP contribution in [-0.2, 0) is 0 Å². The lowest BCUT2D eigenvalue weighted by atomic mass is 10.0. The van der Waals surface area contributed by atoms with E-state index in [1.165, 1.54) is 0 Å². The normalized spacial score (nSPS) is 11.4. The number of ether oxygens (including phenoxy) is 1. The van der Waals surface area contributed by atoms with Crippen molar-refractivity contribution in [2.75, 3.05) is 7.11 Å². The van der Waals surface area contributed by atoms with Gasteiger partial charge in [-0.2, -0.15) is 10.2 Å². The summed E-state index contributed by atoms with van der Waals surface area (Å²) in [6.45, 7) is 2.01. The molecule has 0 saturated carbocycles. The lowest BCUT2D eigenvalue weighted by molar-refractivity contribution is 0.409. The molecule has 3 aromatic carbocycles. The van der Waals surface area contributed by atoms with Crippen LogP contribution in [0.4, 0.5) is 0 Å². The molecule has 28 heavy (non-hydrogen) atoms. The molecule has 0 saturated heterocycles. The Hall–Kier alpha value is -3.91. The van der Waals surface area contributed by atoms with Gasteiger partial charge in [-0.15, -0.1) is 0 Å². The summed E-state index contributed by atoms with van der Waals surface area (Å²) in [4.78, 5) is 4.40. The SMILES string of the molecule is COc1ccc2ccccc2c1/C=C(\C#N)c1nc(-c2ccc(C)cc2)no1. The van der Waals surface area contributed by atoms with Crippen LogP contribution in [0.5, 0.6) is 5.75 Å². The van der Waals surface area contributed by atoms with E-state index in [2.05, 4.69) is 16.2 Å². The number of nitriles is 1. The van der Waals surface area contributed by atoms with Gasteiger partial charge in [0.1, 0.15) is 17.4 Å². The number of nitrogens with zero attached hydrogens (tertiary/aromatic N) is 3. The summed E-state index contributed by atoms with van der Waals surface area (Å²) >= 11 is 0. The van der Waals surface area contributed by atoms with Crippen LogP contribution in [0.2, 0.25) is 0 Å². The van der Waals surface area contributed by atoms with E-state index in [1.807, 2.05) is 67.6 Å². The number of fused-ring (bicyclic) bond motifs is 1. The molecule has 0 aliphatic heterocycles. The van der Waals surface area contributed by atoms with Gasteiger partial charge in [0.25, 0.3) is 5.89 Å². The second-order valence-electron chi connectivity index (χ2n) is 6.36. The van der Waals surface area contributed by atoms with Gasteiger partial charge in [-0.1, -0.05) is 65.3 Å². The van der Waals surface area contributed by atoms with Crippen LogP contribution in [0.1, 0.15) is 17.0 Å². The fourth-order valence-corrected chi connectivity index (χ4v) is 3.04. The number of hydrogen-bond donors (Lipinski definition) is 0. The minimum Gasteiger partial charge on any atom is -0.496 e. The van der Waals surface area contributed by atoms with Gasteiger partial charge in [-0.3, -0.25) is 0 Å². The molecule has 1 aromatic heterocycles. The van der Waals surface area contributed by atoms with E-state index < -0.39 is 0 Å². The number of benzene rings is 3. The van der Waals surface area contributed by atoms with Crippen molar-refractivity contribution in [3.63, 3.8) is 0 Å². The first kappa shape index (κ1) is 17.5. The summed E-state index contributed by atoms with van der Waals surface area (Å²) in [5.41, 5.74) is 3.06. The highest BCUT2D eigenvalue weighted by Gasteiger charge is 2.15. The Bertz CT molecular complexity index is 1210. The van der Waals surface area contributed by atoms with Crippen molar-refractivity contribution in [2.24, 2.45) is 0 Å². The molecule has 0 spiro atoms. The third-order valence-electron chi connectivity index (χ3n) is 4.53. The molecule has 0 bridgehead atoms. The van der Waals surface area contributed by atoms with Gasteiger partial charge in [0.2, 0.25) is 5.82 Å². The van der Waals surface area contributed by atoms with Gasteiger partial charge in [-0.05, 0) is 29.8 Å². The fourth-order valence-electron chi connectivity index (χ4n) is 3.04. The largest absolute Gasteiger partial charge is 0.496 e. The van der Waals surface area contributed by atoms with E-state index in [-0.39, 0.29) is 11.5 Å². The highest BCUT2D eigenvalue weighted by atomic mass is 16.5. The second kappa shape index (κ2) is 7.37. The highest BCUT2D eigenvalue weighted by Crippen LogP contribution is 2.31. The zero-order valence-electron chi connectivity index (χ0n) is 15.5. The first-order valence-corrected chi connectivity index (χ1v) is 8.78. The second-order valence-corrected chi connectivity index (χ2v) is 6.36. The summed E-state index contributed by atoms with van der Waals surface area (Å²) in [5, 5.41) is 15.8.